The zero-order valence-electron chi connectivity index (χ0n) is 11.5. The van der Waals surface area contributed by atoms with Crippen LogP contribution in [0.4, 0.5) is 0 Å². The second-order valence-corrected chi connectivity index (χ2v) is 6.25. The summed E-state index contributed by atoms with van der Waals surface area (Å²) in [4.78, 5) is 5.94. The summed E-state index contributed by atoms with van der Waals surface area (Å²) in [5.74, 6) is 0. The minimum Gasteiger partial charge on any atom is -0.316 e. The average molecular weight is 252 g/mol. The van der Waals surface area contributed by atoms with E-state index in [0.717, 1.165) is 25.2 Å². The van der Waals surface area contributed by atoms with Gasteiger partial charge in [-0.25, -0.2) is 4.98 Å². The number of thiazole rings is 1. The summed E-state index contributed by atoms with van der Waals surface area (Å²) < 4.78 is 0. The quantitative estimate of drug-likeness (QED) is 0.593. The molecule has 1 heterocycles. The lowest BCUT2D eigenvalue weighted by atomic mass is 9.87. The molecule has 17 heavy (non-hydrogen) atoms. The molecule has 1 atom stereocenters. The van der Waals surface area contributed by atoms with Crippen molar-refractivity contribution in [3.8, 4) is 0 Å². The molecule has 0 aliphatic carbocycles. The Bertz CT molecular complexity index is 351. The minimum atomic E-state index is 0.103. The van der Waals surface area contributed by atoms with Gasteiger partial charge in [0.2, 0.25) is 0 Å². The molecule has 0 radical (unpaired) electrons. The SMILES string of the molecule is C=CC(C)(CNCCC)Cc1nc(C)c(C)s1. The van der Waals surface area contributed by atoms with Gasteiger partial charge in [0.15, 0.2) is 0 Å². The van der Waals surface area contributed by atoms with Gasteiger partial charge < -0.3 is 5.32 Å². The highest BCUT2D eigenvalue weighted by molar-refractivity contribution is 7.11. The third kappa shape index (κ3) is 4.25. The fourth-order valence-corrected chi connectivity index (χ4v) is 2.85. The summed E-state index contributed by atoms with van der Waals surface area (Å²) in [6.45, 7) is 14.7. The van der Waals surface area contributed by atoms with Crippen LogP contribution in [-0.2, 0) is 6.42 Å². The van der Waals surface area contributed by atoms with Gasteiger partial charge >= 0.3 is 0 Å². The highest BCUT2D eigenvalue weighted by Gasteiger charge is 2.22. The van der Waals surface area contributed by atoms with Crippen molar-refractivity contribution in [3.05, 3.63) is 28.2 Å². The van der Waals surface area contributed by atoms with Crippen LogP contribution in [0.15, 0.2) is 12.7 Å². The third-order valence-electron chi connectivity index (χ3n) is 3.08. The van der Waals surface area contributed by atoms with Crippen molar-refractivity contribution in [3.63, 3.8) is 0 Å². The second kappa shape index (κ2) is 6.31. The third-order valence-corrected chi connectivity index (χ3v) is 4.15. The van der Waals surface area contributed by atoms with E-state index < -0.39 is 0 Å². The Labute approximate surface area is 109 Å². The van der Waals surface area contributed by atoms with E-state index in [1.165, 1.54) is 16.3 Å². The summed E-state index contributed by atoms with van der Waals surface area (Å²) >= 11 is 1.81. The zero-order chi connectivity index (χ0) is 12.9. The second-order valence-electron chi connectivity index (χ2n) is 4.96. The van der Waals surface area contributed by atoms with Crippen molar-refractivity contribution in [1.29, 1.82) is 0 Å². The van der Waals surface area contributed by atoms with E-state index >= 15 is 0 Å². The van der Waals surface area contributed by atoms with Gasteiger partial charge in [-0.3, -0.25) is 0 Å². The van der Waals surface area contributed by atoms with Gasteiger partial charge in [-0.1, -0.05) is 19.9 Å². The molecule has 1 rings (SSSR count). The van der Waals surface area contributed by atoms with Crippen LogP contribution in [0, 0.1) is 19.3 Å². The van der Waals surface area contributed by atoms with Gasteiger partial charge in [-0.2, -0.15) is 0 Å². The zero-order valence-corrected chi connectivity index (χ0v) is 12.3. The number of rotatable bonds is 7. The van der Waals surface area contributed by atoms with Gasteiger partial charge in [0.05, 0.1) is 10.7 Å². The maximum atomic E-state index is 4.61. The number of aryl methyl sites for hydroxylation is 2. The van der Waals surface area contributed by atoms with E-state index in [-0.39, 0.29) is 5.41 Å². The number of hydrogen-bond acceptors (Lipinski definition) is 3. The first-order valence-corrected chi connectivity index (χ1v) is 7.09. The van der Waals surface area contributed by atoms with Gasteiger partial charge in [0, 0.05) is 23.3 Å². The Morgan fingerprint density at radius 2 is 2.18 bits per heavy atom. The van der Waals surface area contributed by atoms with Crippen molar-refractivity contribution in [2.24, 2.45) is 5.41 Å². The lowest BCUT2D eigenvalue weighted by Crippen LogP contribution is -2.32. The van der Waals surface area contributed by atoms with E-state index in [1.54, 1.807) is 0 Å². The largest absolute Gasteiger partial charge is 0.316 e. The molecule has 0 bridgehead atoms. The summed E-state index contributed by atoms with van der Waals surface area (Å²) in [5.41, 5.74) is 1.27. The predicted molar refractivity (Wildman–Crippen MR) is 76.8 cm³/mol. The molecular formula is C14H24N2S. The number of nitrogens with zero attached hydrogens (tertiary/aromatic N) is 1. The van der Waals surface area contributed by atoms with Gasteiger partial charge in [-0.05, 0) is 26.8 Å². The first kappa shape index (κ1) is 14.4. The molecule has 0 saturated carbocycles. The topological polar surface area (TPSA) is 24.9 Å². The summed E-state index contributed by atoms with van der Waals surface area (Å²) in [6, 6.07) is 0. The van der Waals surface area contributed by atoms with E-state index in [4.69, 9.17) is 0 Å². The molecule has 1 N–H and O–H groups in total. The fraction of sp³-hybridized carbons (Fsp3) is 0.643. The fourth-order valence-electron chi connectivity index (χ4n) is 1.72. The molecule has 2 nitrogen and oxygen atoms in total. The Hall–Kier alpha value is -0.670. The summed E-state index contributed by atoms with van der Waals surface area (Å²) in [5, 5.41) is 4.70. The van der Waals surface area contributed by atoms with E-state index in [0.29, 0.717) is 0 Å². The summed E-state index contributed by atoms with van der Waals surface area (Å²) in [6.07, 6.45) is 4.21. The molecule has 0 aliphatic rings. The molecule has 0 fully saturated rings. The molecule has 1 unspecified atom stereocenters. The lowest BCUT2D eigenvalue weighted by Gasteiger charge is -2.25. The van der Waals surface area contributed by atoms with E-state index in [1.807, 2.05) is 11.3 Å². The monoisotopic (exact) mass is 252 g/mol. The van der Waals surface area contributed by atoms with Gasteiger partial charge in [0.1, 0.15) is 0 Å². The Morgan fingerprint density at radius 3 is 2.65 bits per heavy atom. The highest BCUT2D eigenvalue weighted by Crippen LogP contribution is 2.27. The standard InChI is InChI=1S/C14H24N2S/c1-6-8-15-10-14(5,7-2)9-13-16-11(3)12(4)17-13/h7,15H,2,6,8-10H2,1,3-5H3. The first-order valence-electron chi connectivity index (χ1n) is 6.28. The van der Waals surface area contributed by atoms with Crippen molar-refractivity contribution >= 4 is 11.3 Å². The molecule has 0 aliphatic heterocycles. The van der Waals surface area contributed by atoms with Crippen LogP contribution in [0.2, 0.25) is 0 Å². The van der Waals surface area contributed by atoms with E-state index in [2.05, 4.69) is 50.7 Å². The molecule has 0 spiro atoms. The Balaban J connectivity index is 2.64. The number of nitrogens with one attached hydrogen (secondary N) is 1. The smallest absolute Gasteiger partial charge is 0.0939 e. The van der Waals surface area contributed by atoms with Crippen molar-refractivity contribution in [2.75, 3.05) is 13.1 Å². The van der Waals surface area contributed by atoms with Gasteiger partial charge in [-0.15, -0.1) is 17.9 Å². The first-order chi connectivity index (χ1) is 8.00. The van der Waals surface area contributed by atoms with Gasteiger partial charge in [0.25, 0.3) is 0 Å². The summed E-state index contributed by atoms with van der Waals surface area (Å²) in [7, 11) is 0. The van der Waals surface area contributed by atoms with Crippen LogP contribution in [0.5, 0.6) is 0 Å². The molecule has 1 aromatic heterocycles. The minimum absolute atomic E-state index is 0.103. The predicted octanol–water partition coefficient (Wildman–Crippen LogP) is 3.49. The van der Waals surface area contributed by atoms with Crippen LogP contribution in [0.1, 0.15) is 35.8 Å². The van der Waals surface area contributed by atoms with Crippen LogP contribution >= 0.6 is 11.3 Å². The average Bonchev–Trinajstić information content (AvgIpc) is 2.58. The number of aromatic nitrogens is 1. The molecule has 0 amide bonds. The van der Waals surface area contributed by atoms with E-state index in [9.17, 15) is 0 Å². The van der Waals surface area contributed by atoms with Crippen molar-refractivity contribution in [2.45, 2.75) is 40.5 Å². The molecule has 3 heteroatoms. The lowest BCUT2D eigenvalue weighted by molar-refractivity contribution is 0.390. The number of hydrogen-bond donors (Lipinski definition) is 1. The molecular weight excluding hydrogens is 228 g/mol. The van der Waals surface area contributed by atoms with Crippen LogP contribution in [0.3, 0.4) is 0 Å². The van der Waals surface area contributed by atoms with Crippen LogP contribution < -0.4 is 5.32 Å². The maximum Gasteiger partial charge on any atom is 0.0939 e. The van der Waals surface area contributed by atoms with Crippen LogP contribution in [-0.4, -0.2) is 18.1 Å². The molecule has 0 saturated heterocycles. The molecule has 0 aromatic carbocycles. The molecule has 96 valence electrons. The Kier molecular flexibility index (Phi) is 5.34. The highest BCUT2D eigenvalue weighted by atomic mass is 32.1. The van der Waals surface area contributed by atoms with Crippen molar-refractivity contribution in [1.82, 2.24) is 10.3 Å². The Morgan fingerprint density at radius 1 is 1.47 bits per heavy atom. The molecule has 1 aromatic rings. The van der Waals surface area contributed by atoms with Crippen LogP contribution in [0.25, 0.3) is 0 Å². The normalized spacial score (nSPS) is 14.6. The van der Waals surface area contributed by atoms with Crippen molar-refractivity contribution < 1.29 is 0 Å². The maximum absolute atomic E-state index is 4.61.